The molecule has 0 amide bonds. The van der Waals surface area contributed by atoms with Gasteiger partial charge in [0.15, 0.2) is 5.82 Å². The molecular formula is C7H10N4O. The third-order valence-corrected chi connectivity index (χ3v) is 1.20. The van der Waals surface area contributed by atoms with Gasteiger partial charge >= 0.3 is 0 Å². The van der Waals surface area contributed by atoms with E-state index in [2.05, 4.69) is 10.1 Å². The van der Waals surface area contributed by atoms with Gasteiger partial charge in [-0.3, -0.25) is 0 Å². The molecule has 1 aromatic rings. The van der Waals surface area contributed by atoms with Gasteiger partial charge in [-0.1, -0.05) is 5.16 Å². The van der Waals surface area contributed by atoms with Gasteiger partial charge in [0, 0.05) is 0 Å². The number of hydrogen-bond donors (Lipinski definition) is 0. The summed E-state index contributed by atoms with van der Waals surface area (Å²) in [7, 11) is 3.83. The highest BCUT2D eigenvalue weighted by molar-refractivity contribution is 4.92. The van der Waals surface area contributed by atoms with Gasteiger partial charge in [0.25, 0.3) is 0 Å². The molecule has 0 aromatic carbocycles. The fraction of sp³-hybridized carbons (Fsp3) is 0.571. The molecule has 0 N–H and O–H groups in total. The van der Waals surface area contributed by atoms with Crippen LogP contribution in [0.4, 0.5) is 0 Å². The average Bonchev–Trinajstić information content (AvgIpc) is 2.36. The Morgan fingerprint density at radius 3 is 2.92 bits per heavy atom. The van der Waals surface area contributed by atoms with Crippen molar-refractivity contribution in [3.8, 4) is 6.07 Å². The summed E-state index contributed by atoms with van der Waals surface area (Å²) in [6.45, 7) is 0.634. The van der Waals surface area contributed by atoms with Crippen LogP contribution in [-0.4, -0.2) is 29.1 Å². The lowest BCUT2D eigenvalue weighted by Gasteiger charge is -2.02. The highest BCUT2D eigenvalue weighted by atomic mass is 16.5. The van der Waals surface area contributed by atoms with E-state index in [9.17, 15) is 0 Å². The normalized spacial score (nSPS) is 10.2. The van der Waals surface area contributed by atoms with Crippen molar-refractivity contribution >= 4 is 0 Å². The molecule has 0 aliphatic heterocycles. The van der Waals surface area contributed by atoms with E-state index < -0.39 is 0 Å². The molecule has 0 fully saturated rings. The van der Waals surface area contributed by atoms with Crippen LogP contribution in [0.25, 0.3) is 0 Å². The Morgan fingerprint density at radius 1 is 1.58 bits per heavy atom. The van der Waals surface area contributed by atoms with Crippen molar-refractivity contribution in [3.05, 3.63) is 11.7 Å². The molecule has 0 unspecified atom stereocenters. The van der Waals surface area contributed by atoms with Crippen LogP contribution in [0.1, 0.15) is 11.7 Å². The van der Waals surface area contributed by atoms with Crippen LogP contribution in [0.3, 0.4) is 0 Å². The van der Waals surface area contributed by atoms with Crippen LogP contribution in [0, 0.1) is 11.3 Å². The molecular weight excluding hydrogens is 156 g/mol. The van der Waals surface area contributed by atoms with Crippen molar-refractivity contribution < 1.29 is 4.52 Å². The monoisotopic (exact) mass is 166 g/mol. The van der Waals surface area contributed by atoms with Gasteiger partial charge in [0.05, 0.1) is 12.6 Å². The molecule has 5 nitrogen and oxygen atoms in total. The smallest absolute Gasteiger partial charge is 0.240 e. The summed E-state index contributed by atoms with van der Waals surface area (Å²) < 4.78 is 4.80. The fourth-order valence-corrected chi connectivity index (χ4v) is 0.777. The van der Waals surface area contributed by atoms with E-state index in [1.807, 2.05) is 25.1 Å². The van der Waals surface area contributed by atoms with Crippen LogP contribution in [0.2, 0.25) is 0 Å². The van der Waals surface area contributed by atoms with E-state index in [4.69, 9.17) is 9.78 Å². The maximum absolute atomic E-state index is 8.32. The summed E-state index contributed by atoms with van der Waals surface area (Å²) in [5, 5.41) is 12.0. The molecule has 1 heterocycles. The van der Waals surface area contributed by atoms with Gasteiger partial charge in [-0.25, -0.2) is 0 Å². The van der Waals surface area contributed by atoms with Gasteiger partial charge < -0.3 is 9.42 Å². The van der Waals surface area contributed by atoms with Gasteiger partial charge in [0.1, 0.15) is 6.42 Å². The number of rotatable bonds is 3. The molecule has 1 rings (SSSR count). The Bertz CT molecular complexity index is 286. The Balaban J connectivity index is 2.59. The molecule has 0 radical (unpaired) electrons. The minimum atomic E-state index is 0.181. The first-order valence-electron chi connectivity index (χ1n) is 3.55. The minimum Gasteiger partial charge on any atom is -0.338 e. The Morgan fingerprint density at radius 2 is 2.33 bits per heavy atom. The van der Waals surface area contributed by atoms with Gasteiger partial charge in [-0.15, -0.1) is 0 Å². The summed E-state index contributed by atoms with van der Waals surface area (Å²) in [5.74, 6) is 1.000. The quantitative estimate of drug-likeness (QED) is 0.641. The number of aromatic nitrogens is 2. The molecule has 0 bridgehead atoms. The number of nitriles is 1. The van der Waals surface area contributed by atoms with E-state index in [0.717, 1.165) is 0 Å². The van der Waals surface area contributed by atoms with Crippen molar-refractivity contribution in [2.45, 2.75) is 13.0 Å². The molecule has 5 heteroatoms. The third kappa shape index (κ3) is 2.32. The minimum absolute atomic E-state index is 0.181. The summed E-state index contributed by atoms with van der Waals surface area (Å²) in [4.78, 5) is 5.93. The molecule has 0 saturated heterocycles. The van der Waals surface area contributed by atoms with E-state index in [1.165, 1.54) is 0 Å². The highest BCUT2D eigenvalue weighted by Crippen LogP contribution is 1.99. The average molecular weight is 166 g/mol. The number of nitrogens with zero attached hydrogens (tertiary/aromatic N) is 4. The van der Waals surface area contributed by atoms with Crippen LogP contribution >= 0.6 is 0 Å². The Kier molecular flexibility index (Phi) is 2.77. The molecule has 12 heavy (non-hydrogen) atoms. The van der Waals surface area contributed by atoms with E-state index >= 15 is 0 Å². The Hall–Kier alpha value is -1.41. The number of hydrogen-bond acceptors (Lipinski definition) is 5. The molecule has 0 aliphatic carbocycles. The van der Waals surface area contributed by atoms with Crippen molar-refractivity contribution in [2.24, 2.45) is 0 Å². The third-order valence-electron chi connectivity index (χ3n) is 1.20. The topological polar surface area (TPSA) is 66.0 Å². The second kappa shape index (κ2) is 3.83. The van der Waals surface area contributed by atoms with Crippen molar-refractivity contribution in [3.63, 3.8) is 0 Å². The predicted molar refractivity (Wildman–Crippen MR) is 41.0 cm³/mol. The predicted octanol–water partition coefficient (Wildman–Crippen LogP) is 0.197. The standard InChI is InChI=1S/C7H10N4O/c1-11(2)5-6-9-7(3-4-8)12-10-6/h3,5H2,1-2H3. The lowest BCUT2D eigenvalue weighted by Crippen LogP contribution is -2.11. The second-order valence-corrected chi connectivity index (χ2v) is 2.68. The van der Waals surface area contributed by atoms with E-state index in [-0.39, 0.29) is 6.42 Å². The summed E-state index contributed by atoms with van der Waals surface area (Å²) >= 11 is 0. The van der Waals surface area contributed by atoms with Gasteiger partial charge in [-0.05, 0) is 14.1 Å². The summed E-state index contributed by atoms with van der Waals surface area (Å²) in [6.07, 6.45) is 0.181. The lowest BCUT2D eigenvalue weighted by molar-refractivity contribution is 0.352. The zero-order valence-electron chi connectivity index (χ0n) is 7.11. The summed E-state index contributed by atoms with van der Waals surface area (Å²) in [6, 6.07) is 1.94. The van der Waals surface area contributed by atoms with Gasteiger partial charge in [0.2, 0.25) is 5.89 Å². The maximum atomic E-state index is 8.32. The largest absolute Gasteiger partial charge is 0.338 e. The van der Waals surface area contributed by atoms with E-state index in [1.54, 1.807) is 0 Å². The first-order chi connectivity index (χ1) is 5.72. The molecule has 0 atom stereocenters. The molecule has 0 aliphatic rings. The van der Waals surface area contributed by atoms with Crippen LogP contribution < -0.4 is 0 Å². The zero-order valence-corrected chi connectivity index (χ0v) is 7.11. The molecule has 64 valence electrons. The first kappa shape index (κ1) is 8.68. The molecule has 1 aromatic heterocycles. The molecule has 0 saturated carbocycles. The van der Waals surface area contributed by atoms with Crippen LogP contribution in [0.5, 0.6) is 0 Å². The summed E-state index contributed by atoms with van der Waals surface area (Å²) in [5.41, 5.74) is 0. The fourth-order valence-electron chi connectivity index (χ4n) is 0.777. The zero-order chi connectivity index (χ0) is 8.97. The van der Waals surface area contributed by atoms with Crippen molar-refractivity contribution in [1.82, 2.24) is 15.0 Å². The Labute approximate surface area is 70.6 Å². The molecule has 0 spiro atoms. The second-order valence-electron chi connectivity index (χ2n) is 2.68. The van der Waals surface area contributed by atoms with Crippen LogP contribution in [0.15, 0.2) is 4.52 Å². The SMILES string of the molecule is CN(C)Cc1noc(CC#N)n1. The van der Waals surface area contributed by atoms with Gasteiger partial charge in [-0.2, -0.15) is 10.2 Å². The lowest BCUT2D eigenvalue weighted by atomic mass is 10.5. The maximum Gasteiger partial charge on any atom is 0.240 e. The van der Waals surface area contributed by atoms with Crippen molar-refractivity contribution in [1.29, 1.82) is 5.26 Å². The first-order valence-corrected chi connectivity index (χ1v) is 3.55. The van der Waals surface area contributed by atoms with Crippen molar-refractivity contribution in [2.75, 3.05) is 14.1 Å². The highest BCUT2D eigenvalue weighted by Gasteiger charge is 2.05. The van der Waals surface area contributed by atoms with E-state index in [0.29, 0.717) is 18.3 Å². The van der Waals surface area contributed by atoms with Crippen LogP contribution in [-0.2, 0) is 13.0 Å².